The van der Waals surface area contributed by atoms with Crippen molar-refractivity contribution in [2.24, 2.45) is 16.0 Å². The standard InChI is InChI=1S/C33H44N6O8/c1-33(2,3)47-32(46)37-28(31(44)45)7-5-4-6-8-29(42)35-21-26(40)17-18-30(43)36-23-13-15-25(16-14-23)39-38-24-11-9-22(10-12-24)19-27(41)20-34/h9-16,28H,4-8,17-21,34H2,1-3H3,(H,35,42)(H,36,43)(H,37,46)(H,44,45)/t28-/m0/s1. The molecule has 6 N–H and O–H groups in total. The molecule has 0 fully saturated rings. The minimum Gasteiger partial charge on any atom is -0.480 e. The Kier molecular flexibility index (Phi) is 15.9. The molecule has 0 aliphatic rings. The Hall–Kier alpha value is -4.98. The van der Waals surface area contributed by atoms with Crippen LogP contribution in [-0.2, 0) is 35.1 Å². The maximum absolute atomic E-state index is 12.3. The highest BCUT2D eigenvalue weighted by atomic mass is 16.6. The van der Waals surface area contributed by atoms with E-state index in [0.717, 1.165) is 5.56 Å². The van der Waals surface area contributed by atoms with Crippen LogP contribution in [0.15, 0.2) is 58.8 Å². The van der Waals surface area contributed by atoms with Crippen LogP contribution < -0.4 is 21.7 Å². The van der Waals surface area contributed by atoms with Crippen molar-refractivity contribution in [3.8, 4) is 0 Å². The van der Waals surface area contributed by atoms with Crippen LogP contribution in [0.5, 0.6) is 0 Å². The number of nitrogens with one attached hydrogen (secondary N) is 3. The van der Waals surface area contributed by atoms with E-state index in [1.54, 1.807) is 69.3 Å². The molecule has 0 aliphatic heterocycles. The van der Waals surface area contributed by atoms with Gasteiger partial charge in [0.05, 0.1) is 24.5 Å². The molecule has 1 atom stereocenters. The van der Waals surface area contributed by atoms with E-state index in [9.17, 15) is 33.9 Å². The molecule has 2 aromatic carbocycles. The summed E-state index contributed by atoms with van der Waals surface area (Å²) in [6, 6.07) is 12.7. The van der Waals surface area contributed by atoms with Gasteiger partial charge in [-0.1, -0.05) is 25.0 Å². The van der Waals surface area contributed by atoms with Crippen molar-refractivity contribution in [2.45, 2.75) is 83.8 Å². The number of carboxylic acid groups (broad SMARTS) is 1. The summed E-state index contributed by atoms with van der Waals surface area (Å²) in [7, 11) is 0. The topological polar surface area (TPSA) is 219 Å². The van der Waals surface area contributed by atoms with Crippen molar-refractivity contribution in [3.05, 3.63) is 54.1 Å². The molecule has 254 valence electrons. The van der Waals surface area contributed by atoms with Gasteiger partial charge in [0.15, 0.2) is 11.6 Å². The van der Waals surface area contributed by atoms with Gasteiger partial charge >= 0.3 is 12.1 Å². The SMILES string of the molecule is CC(C)(C)OC(=O)N[C@@H](CCCCCC(=O)NCC(=O)CCC(=O)Nc1ccc(N=Nc2ccc(CC(=O)CN)cc2)cc1)C(=O)O. The van der Waals surface area contributed by atoms with Crippen molar-refractivity contribution in [1.82, 2.24) is 10.6 Å². The number of Topliss-reactive ketones (excluding diaryl/α,β-unsaturated/α-hetero) is 2. The second-order valence-electron chi connectivity index (χ2n) is 11.8. The number of hydrogen-bond donors (Lipinski definition) is 5. The van der Waals surface area contributed by atoms with E-state index in [-0.39, 0.29) is 68.6 Å². The Bertz CT molecular complexity index is 1400. The second kappa shape index (κ2) is 19.5. The number of azo groups is 1. The average Bonchev–Trinajstić information content (AvgIpc) is 3.01. The number of anilines is 1. The molecule has 0 radical (unpaired) electrons. The Balaban J connectivity index is 1.62. The summed E-state index contributed by atoms with van der Waals surface area (Å²) >= 11 is 0. The number of rotatable bonds is 19. The molecular formula is C33H44N6O8. The fourth-order valence-corrected chi connectivity index (χ4v) is 4.08. The first-order valence-corrected chi connectivity index (χ1v) is 15.4. The molecule has 14 heteroatoms. The predicted octanol–water partition coefficient (Wildman–Crippen LogP) is 4.50. The van der Waals surface area contributed by atoms with Crippen molar-refractivity contribution >= 4 is 52.5 Å². The first kappa shape index (κ1) is 38.2. The van der Waals surface area contributed by atoms with E-state index < -0.39 is 23.7 Å². The average molecular weight is 653 g/mol. The maximum atomic E-state index is 12.3. The number of benzene rings is 2. The number of amides is 3. The minimum absolute atomic E-state index is 0.000604. The third-order valence-corrected chi connectivity index (χ3v) is 6.50. The summed E-state index contributed by atoms with van der Waals surface area (Å²) in [5, 5.41) is 25.2. The number of carbonyl (C=O) groups excluding carboxylic acids is 5. The summed E-state index contributed by atoms with van der Waals surface area (Å²) in [4.78, 5) is 71.2. The van der Waals surface area contributed by atoms with Crippen molar-refractivity contribution in [2.75, 3.05) is 18.4 Å². The molecule has 2 rings (SSSR count). The van der Waals surface area contributed by atoms with E-state index in [1.807, 2.05) is 0 Å². The highest BCUT2D eigenvalue weighted by Gasteiger charge is 2.23. The molecule has 47 heavy (non-hydrogen) atoms. The Morgan fingerprint density at radius 3 is 2.00 bits per heavy atom. The summed E-state index contributed by atoms with van der Waals surface area (Å²) in [6.07, 6.45) is 1.21. The number of alkyl carbamates (subject to hydrolysis) is 1. The smallest absolute Gasteiger partial charge is 0.408 e. The van der Waals surface area contributed by atoms with E-state index in [1.165, 1.54) is 0 Å². The zero-order chi connectivity index (χ0) is 34.8. The zero-order valence-electron chi connectivity index (χ0n) is 27.0. The summed E-state index contributed by atoms with van der Waals surface area (Å²) < 4.78 is 5.08. The van der Waals surface area contributed by atoms with Gasteiger partial charge in [0, 0.05) is 31.4 Å². The zero-order valence-corrected chi connectivity index (χ0v) is 27.0. The molecule has 14 nitrogen and oxygen atoms in total. The van der Waals surface area contributed by atoms with Crippen LogP contribution in [0.25, 0.3) is 0 Å². The highest BCUT2D eigenvalue weighted by Crippen LogP contribution is 2.21. The molecule has 0 unspecified atom stereocenters. The Morgan fingerprint density at radius 1 is 0.809 bits per heavy atom. The van der Waals surface area contributed by atoms with E-state index in [4.69, 9.17) is 10.5 Å². The number of carboxylic acids is 1. The molecule has 3 amide bonds. The van der Waals surface area contributed by atoms with Crippen LogP contribution in [0.4, 0.5) is 21.9 Å². The lowest BCUT2D eigenvalue weighted by molar-refractivity contribution is -0.139. The van der Waals surface area contributed by atoms with Gasteiger partial charge < -0.3 is 31.5 Å². The molecule has 0 aromatic heterocycles. The first-order valence-electron chi connectivity index (χ1n) is 15.4. The predicted molar refractivity (Wildman–Crippen MR) is 175 cm³/mol. The largest absolute Gasteiger partial charge is 0.480 e. The van der Waals surface area contributed by atoms with Crippen LogP contribution in [0.2, 0.25) is 0 Å². The van der Waals surface area contributed by atoms with Gasteiger partial charge in [-0.15, -0.1) is 0 Å². The lowest BCUT2D eigenvalue weighted by Gasteiger charge is -2.22. The van der Waals surface area contributed by atoms with Crippen LogP contribution in [0, 0.1) is 0 Å². The highest BCUT2D eigenvalue weighted by molar-refractivity contribution is 5.94. The molecule has 0 heterocycles. The number of ketones is 2. The molecule has 0 saturated carbocycles. The van der Waals surface area contributed by atoms with Crippen LogP contribution in [0.3, 0.4) is 0 Å². The van der Waals surface area contributed by atoms with Crippen LogP contribution in [-0.4, -0.2) is 65.3 Å². The lowest BCUT2D eigenvalue weighted by atomic mass is 10.1. The van der Waals surface area contributed by atoms with Gasteiger partial charge in [0.25, 0.3) is 0 Å². The monoisotopic (exact) mass is 652 g/mol. The van der Waals surface area contributed by atoms with Gasteiger partial charge in [0.1, 0.15) is 11.6 Å². The number of aliphatic carboxylic acids is 1. The van der Waals surface area contributed by atoms with E-state index in [0.29, 0.717) is 36.3 Å². The van der Waals surface area contributed by atoms with Crippen LogP contribution in [0.1, 0.15) is 71.3 Å². The maximum Gasteiger partial charge on any atom is 0.408 e. The van der Waals surface area contributed by atoms with E-state index in [2.05, 4.69) is 26.2 Å². The molecule has 0 bridgehead atoms. The number of ether oxygens (including phenoxy) is 1. The summed E-state index contributed by atoms with van der Waals surface area (Å²) in [5.41, 5.74) is 7.15. The summed E-state index contributed by atoms with van der Waals surface area (Å²) in [6.45, 7) is 4.84. The van der Waals surface area contributed by atoms with Gasteiger partial charge in [-0.25, -0.2) is 9.59 Å². The number of unbranched alkanes of at least 4 members (excludes halogenated alkanes) is 2. The molecule has 0 spiro atoms. The summed E-state index contributed by atoms with van der Waals surface area (Å²) in [5.74, 6) is -2.19. The van der Waals surface area contributed by atoms with Crippen molar-refractivity contribution in [1.29, 1.82) is 0 Å². The van der Waals surface area contributed by atoms with Gasteiger partial charge in [0.2, 0.25) is 11.8 Å². The number of hydrogen-bond acceptors (Lipinski definition) is 10. The molecule has 0 aliphatic carbocycles. The minimum atomic E-state index is -1.17. The second-order valence-corrected chi connectivity index (χ2v) is 11.8. The van der Waals surface area contributed by atoms with Gasteiger partial charge in [-0.3, -0.25) is 19.2 Å². The normalized spacial score (nSPS) is 11.8. The molecular weight excluding hydrogens is 608 g/mol. The number of carbonyl (C=O) groups is 6. The van der Waals surface area contributed by atoms with Gasteiger partial charge in [-0.2, -0.15) is 10.2 Å². The fourth-order valence-electron chi connectivity index (χ4n) is 4.08. The van der Waals surface area contributed by atoms with Crippen LogP contribution >= 0.6 is 0 Å². The van der Waals surface area contributed by atoms with Gasteiger partial charge in [-0.05, 0) is 75.6 Å². The molecule has 0 saturated heterocycles. The van der Waals surface area contributed by atoms with Crippen molar-refractivity contribution in [3.63, 3.8) is 0 Å². The number of nitrogens with zero attached hydrogens (tertiary/aromatic N) is 2. The lowest BCUT2D eigenvalue weighted by Crippen LogP contribution is -2.43. The molecule has 2 aromatic rings. The first-order chi connectivity index (χ1) is 22.2. The third-order valence-electron chi connectivity index (χ3n) is 6.50. The Morgan fingerprint density at radius 2 is 1.43 bits per heavy atom. The van der Waals surface area contributed by atoms with E-state index >= 15 is 0 Å². The van der Waals surface area contributed by atoms with Crippen molar-refractivity contribution < 1.29 is 38.6 Å². The quantitative estimate of drug-likeness (QED) is 0.106. The number of nitrogens with two attached hydrogens (primary N) is 1. The fraction of sp³-hybridized carbons (Fsp3) is 0.455. The third kappa shape index (κ3) is 16.8. The Labute approximate surface area is 273 Å².